The molecule has 1 amide bonds. The van der Waals surface area contributed by atoms with Crippen molar-refractivity contribution in [3.63, 3.8) is 0 Å². The van der Waals surface area contributed by atoms with Crippen LogP contribution in [0.5, 0.6) is 0 Å². The van der Waals surface area contributed by atoms with Crippen molar-refractivity contribution in [2.24, 2.45) is 0 Å². The molecule has 0 atom stereocenters. The van der Waals surface area contributed by atoms with E-state index in [2.05, 4.69) is 4.98 Å². The number of H-pyrrole nitrogens is 1. The zero-order valence-electron chi connectivity index (χ0n) is 17.1. The average Bonchev–Trinajstić information content (AvgIpc) is 3.31. The van der Waals surface area contributed by atoms with E-state index in [-0.39, 0.29) is 30.1 Å². The lowest BCUT2D eigenvalue weighted by Crippen LogP contribution is -2.40. The Kier molecular flexibility index (Phi) is 5.11. The van der Waals surface area contributed by atoms with Crippen LogP contribution in [0.4, 0.5) is 4.39 Å². The van der Waals surface area contributed by atoms with Gasteiger partial charge in [0.2, 0.25) is 0 Å². The third-order valence-electron chi connectivity index (χ3n) is 5.99. The molecule has 0 unspecified atom stereocenters. The number of aromatic nitrogens is 2. The summed E-state index contributed by atoms with van der Waals surface area (Å²) in [6.07, 6.45) is 1.37. The van der Waals surface area contributed by atoms with E-state index in [0.29, 0.717) is 41.8 Å². The number of imidazole rings is 1. The van der Waals surface area contributed by atoms with Crippen molar-refractivity contribution in [3.05, 3.63) is 69.2 Å². The standard InChI is InChI=1S/C23H22FN3O3S/c1-30-13-15-20-16(24)5-4-8-19(20)31-21(15)22(28)26-11-9-14(10-12-26)27-18-7-3-2-6-17(18)25-23(27)29/h2-8,14H,9-13H2,1H3,(H,25,29). The number of rotatable bonds is 4. The smallest absolute Gasteiger partial charge is 0.326 e. The van der Waals surface area contributed by atoms with Crippen LogP contribution in [0.2, 0.25) is 0 Å². The van der Waals surface area contributed by atoms with E-state index in [1.54, 1.807) is 18.1 Å². The summed E-state index contributed by atoms with van der Waals surface area (Å²) in [7, 11) is 1.54. The van der Waals surface area contributed by atoms with Crippen molar-refractivity contribution in [1.29, 1.82) is 0 Å². The Bertz CT molecular complexity index is 1330. The number of amides is 1. The van der Waals surface area contributed by atoms with Gasteiger partial charge >= 0.3 is 5.69 Å². The number of benzene rings is 2. The Hall–Kier alpha value is -2.97. The lowest BCUT2D eigenvalue weighted by atomic mass is 10.0. The maximum absolute atomic E-state index is 14.5. The summed E-state index contributed by atoms with van der Waals surface area (Å²) in [5.41, 5.74) is 2.20. The highest BCUT2D eigenvalue weighted by Gasteiger charge is 2.29. The lowest BCUT2D eigenvalue weighted by Gasteiger charge is -2.32. The topological polar surface area (TPSA) is 67.3 Å². The molecule has 3 heterocycles. The molecule has 1 N–H and O–H groups in total. The van der Waals surface area contributed by atoms with Crippen LogP contribution < -0.4 is 5.69 Å². The molecule has 5 rings (SSSR count). The number of likely N-dealkylation sites (tertiary alicyclic amines) is 1. The van der Waals surface area contributed by atoms with Crippen molar-refractivity contribution in [2.45, 2.75) is 25.5 Å². The summed E-state index contributed by atoms with van der Waals surface area (Å²) in [6, 6.07) is 12.6. The molecular weight excluding hydrogens is 417 g/mol. The molecule has 4 aromatic rings. The highest BCUT2D eigenvalue weighted by molar-refractivity contribution is 7.21. The van der Waals surface area contributed by atoms with E-state index in [4.69, 9.17) is 4.74 Å². The summed E-state index contributed by atoms with van der Waals surface area (Å²) in [5.74, 6) is -0.436. The number of carbonyl (C=O) groups excluding carboxylic acids is 1. The minimum Gasteiger partial charge on any atom is -0.380 e. The number of methoxy groups -OCH3 is 1. The number of piperidine rings is 1. The van der Waals surface area contributed by atoms with Crippen molar-refractivity contribution in [2.75, 3.05) is 20.2 Å². The van der Waals surface area contributed by atoms with Gasteiger partial charge in [0.05, 0.1) is 22.5 Å². The molecule has 6 nitrogen and oxygen atoms in total. The number of nitrogens with zero attached hydrogens (tertiary/aromatic N) is 2. The summed E-state index contributed by atoms with van der Waals surface area (Å²) >= 11 is 1.31. The second-order valence-corrected chi connectivity index (χ2v) is 8.85. The summed E-state index contributed by atoms with van der Waals surface area (Å²) < 4.78 is 22.3. The normalized spacial score (nSPS) is 15.2. The van der Waals surface area contributed by atoms with E-state index in [1.165, 1.54) is 17.4 Å². The van der Waals surface area contributed by atoms with E-state index < -0.39 is 0 Å². The molecule has 0 aliphatic carbocycles. The van der Waals surface area contributed by atoms with Gasteiger partial charge in [0.1, 0.15) is 5.82 Å². The minimum atomic E-state index is -0.336. The predicted octanol–water partition coefficient (Wildman–Crippen LogP) is 4.31. The van der Waals surface area contributed by atoms with Crippen LogP contribution >= 0.6 is 11.3 Å². The Labute approximate surface area is 181 Å². The van der Waals surface area contributed by atoms with Crippen molar-refractivity contribution < 1.29 is 13.9 Å². The van der Waals surface area contributed by atoms with Gasteiger partial charge in [0.15, 0.2) is 0 Å². The van der Waals surface area contributed by atoms with Gasteiger partial charge < -0.3 is 14.6 Å². The van der Waals surface area contributed by atoms with Crippen molar-refractivity contribution >= 4 is 38.4 Å². The number of ether oxygens (including phenoxy) is 1. The zero-order chi connectivity index (χ0) is 21.5. The molecule has 31 heavy (non-hydrogen) atoms. The van der Waals surface area contributed by atoms with Gasteiger partial charge in [-0.05, 0) is 37.1 Å². The van der Waals surface area contributed by atoms with Crippen molar-refractivity contribution in [1.82, 2.24) is 14.5 Å². The number of aromatic amines is 1. The first-order chi connectivity index (χ1) is 15.1. The summed E-state index contributed by atoms with van der Waals surface area (Å²) in [5, 5.41) is 0.470. The number of hydrogen-bond acceptors (Lipinski definition) is 4. The Morgan fingerprint density at radius 2 is 1.97 bits per heavy atom. The van der Waals surface area contributed by atoms with Crippen LogP contribution in [-0.2, 0) is 11.3 Å². The van der Waals surface area contributed by atoms with Gasteiger partial charge in [-0.25, -0.2) is 9.18 Å². The molecule has 1 aliphatic rings. The number of thiophene rings is 1. The lowest BCUT2D eigenvalue weighted by molar-refractivity contribution is 0.0696. The SMILES string of the molecule is COCc1c(C(=O)N2CCC(n3c(=O)[nH]c4ccccc43)CC2)sc2cccc(F)c12. The first kappa shape index (κ1) is 20.0. The number of para-hydroxylation sites is 2. The second-order valence-electron chi connectivity index (χ2n) is 7.80. The molecule has 0 bridgehead atoms. The molecular formula is C23H22FN3O3S. The second kappa shape index (κ2) is 7.94. The van der Waals surface area contributed by atoms with Gasteiger partial charge in [-0.1, -0.05) is 18.2 Å². The van der Waals surface area contributed by atoms with Gasteiger partial charge in [-0.2, -0.15) is 0 Å². The molecule has 2 aromatic heterocycles. The molecule has 1 fully saturated rings. The van der Waals surface area contributed by atoms with Crippen LogP contribution in [0.1, 0.15) is 34.1 Å². The molecule has 0 radical (unpaired) electrons. The maximum atomic E-state index is 14.5. The van der Waals surface area contributed by atoms with E-state index in [0.717, 1.165) is 15.7 Å². The number of carbonyl (C=O) groups is 1. The molecule has 0 saturated carbocycles. The van der Waals surface area contributed by atoms with Crippen LogP contribution in [0.15, 0.2) is 47.3 Å². The molecule has 2 aromatic carbocycles. The largest absolute Gasteiger partial charge is 0.380 e. The third-order valence-corrected chi connectivity index (χ3v) is 7.17. The van der Waals surface area contributed by atoms with E-state index in [9.17, 15) is 14.0 Å². The average molecular weight is 440 g/mol. The first-order valence-corrected chi connectivity index (χ1v) is 11.1. The fraction of sp³-hybridized carbons (Fsp3) is 0.304. The fourth-order valence-corrected chi connectivity index (χ4v) is 5.72. The highest BCUT2D eigenvalue weighted by atomic mass is 32.1. The fourth-order valence-electron chi connectivity index (χ4n) is 4.53. The van der Waals surface area contributed by atoms with Crippen LogP contribution in [0.25, 0.3) is 21.1 Å². The number of fused-ring (bicyclic) bond motifs is 2. The van der Waals surface area contributed by atoms with Crippen LogP contribution in [0.3, 0.4) is 0 Å². The van der Waals surface area contributed by atoms with Crippen molar-refractivity contribution in [3.8, 4) is 0 Å². The predicted molar refractivity (Wildman–Crippen MR) is 119 cm³/mol. The Balaban J connectivity index is 1.40. The number of nitrogens with one attached hydrogen (secondary N) is 1. The molecule has 8 heteroatoms. The molecule has 1 saturated heterocycles. The zero-order valence-corrected chi connectivity index (χ0v) is 17.9. The van der Waals surface area contributed by atoms with Crippen LogP contribution in [-0.4, -0.2) is 40.6 Å². The van der Waals surface area contributed by atoms with Gasteiger partial charge in [-0.3, -0.25) is 9.36 Å². The minimum absolute atomic E-state index is 0.0333. The Morgan fingerprint density at radius 3 is 2.74 bits per heavy atom. The first-order valence-electron chi connectivity index (χ1n) is 10.3. The molecule has 0 spiro atoms. The summed E-state index contributed by atoms with van der Waals surface area (Å²) in [6.45, 7) is 1.26. The summed E-state index contributed by atoms with van der Waals surface area (Å²) in [4.78, 5) is 31.1. The highest BCUT2D eigenvalue weighted by Crippen LogP contribution is 2.35. The molecule has 160 valence electrons. The maximum Gasteiger partial charge on any atom is 0.326 e. The van der Waals surface area contributed by atoms with Gasteiger partial charge in [-0.15, -0.1) is 11.3 Å². The van der Waals surface area contributed by atoms with Gasteiger partial charge in [0.25, 0.3) is 5.91 Å². The van der Waals surface area contributed by atoms with E-state index >= 15 is 0 Å². The quantitative estimate of drug-likeness (QED) is 0.515. The van der Waals surface area contributed by atoms with E-state index in [1.807, 2.05) is 34.9 Å². The molecule has 1 aliphatic heterocycles. The number of halogens is 1. The van der Waals surface area contributed by atoms with Gasteiger partial charge in [0, 0.05) is 41.9 Å². The van der Waals surface area contributed by atoms with Crippen LogP contribution in [0, 0.1) is 5.82 Å². The Morgan fingerprint density at radius 1 is 1.19 bits per heavy atom. The number of hydrogen-bond donors (Lipinski definition) is 1. The monoisotopic (exact) mass is 439 g/mol. The third kappa shape index (κ3) is 3.36.